The monoisotopic (exact) mass is 472 g/mol. The molecule has 0 radical (unpaired) electrons. The number of pyridine rings is 3. The van der Waals surface area contributed by atoms with E-state index in [1.165, 1.54) is 0 Å². The molecule has 35 heavy (non-hydrogen) atoms. The summed E-state index contributed by atoms with van der Waals surface area (Å²) in [4.78, 5) is 38.5. The first kappa shape index (κ1) is 22.8. The number of aromatic nitrogens is 5. The average Bonchev–Trinajstić information content (AvgIpc) is 3.13. The van der Waals surface area contributed by atoms with Crippen molar-refractivity contribution in [1.29, 1.82) is 0 Å². The van der Waals surface area contributed by atoms with Gasteiger partial charge in [-0.05, 0) is 61.9 Å². The van der Waals surface area contributed by atoms with Gasteiger partial charge in [0, 0.05) is 49.9 Å². The second-order valence-electron chi connectivity index (χ2n) is 9.00. The molecular weight excluding hydrogens is 444 g/mol. The summed E-state index contributed by atoms with van der Waals surface area (Å²) in [7, 11) is 1.76. The number of carbonyl (C=O) groups excluding carboxylic acids is 1. The van der Waals surface area contributed by atoms with Crippen LogP contribution in [0.1, 0.15) is 31.4 Å². The summed E-state index contributed by atoms with van der Waals surface area (Å²) in [6, 6.07) is 12.9. The SMILES string of the molecule is Cn1c(=O)n(CC2CCC(C(=O)Nc3ccncc3)CC2)c2nc(OCc3ccccn3)ccc21. The Morgan fingerprint density at radius 1 is 1.06 bits per heavy atom. The summed E-state index contributed by atoms with van der Waals surface area (Å²) in [6.45, 7) is 0.882. The van der Waals surface area contributed by atoms with Crippen LogP contribution < -0.4 is 15.7 Å². The Hall–Kier alpha value is -4.01. The third-order valence-corrected chi connectivity index (χ3v) is 6.66. The standard InChI is InChI=1S/C26H28N6O3/c1-31-22-9-10-23(35-17-21-4-2-3-13-28-21)30-24(22)32(26(31)34)16-18-5-7-19(8-6-18)25(33)29-20-11-14-27-15-12-20/h2-4,9-15,18-19H,5-8,16-17H2,1H3,(H,27,29,33). The predicted octanol–water partition coefficient (Wildman–Crippen LogP) is 3.55. The van der Waals surface area contributed by atoms with E-state index in [0.29, 0.717) is 30.6 Å². The van der Waals surface area contributed by atoms with Crippen LogP contribution in [-0.2, 0) is 25.0 Å². The van der Waals surface area contributed by atoms with Gasteiger partial charge >= 0.3 is 5.69 Å². The Kier molecular flexibility index (Phi) is 6.56. The minimum absolute atomic E-state index is 0.0200. The lowest BCUT2D eigenvalue weighted by molar-refractivity contribution is -0.121. The van der Waals surface area contributed by atoms with Gasteiger partial charge < -0.3 is 10.1 Å². The Morgan fingerprint density at radius 3 is 2.60 bits per heavy atom. The minimum Gasteiger partial charge on any atom is -0.471 e. The summed E-state index contributed by atoms with van der Waals surface area (Å²) >= 11 is 0. The number of nitrogens with zero attached hydrogens (tertiary/aromatic N) is 5. The molecule has 4 aromatic heterocycles. The van der Waals surface area contributed by atoms with Gasteiger partial charge in [0.2, 0.25) is 11.8 Å². The van der Waals surface area contributed by atoms with Crippen LogP contribution in [0.4, 0.5) is 5.69 Å². The zero-order valence-corrected chi connectivity index (χ0v) is 19.6. The second-order valence-corrected chi connectivity index (χ2v) is 9.00. The van der Waals surface area contributed by atoms with Gasteiger partial charge in [-0.2, -0.15) is 4.98 Å². The smallest absolute Gasteiger partial charge is 0.330 e. The number of nitrogens with one attached hydrogen (secondary N) is 1. The fourth-order valence-electron chi connectivity index (χ4n) is 4.68. The quantitative estimate of drug-likeness (QED) is 0.441. The number of hydrogen-bond acceptors (Lipinski definition) is 6. The third kappa shape index (κ3) is 5.08. The highest BCUT2D eigenvalue weighted by Gasteiger charge is 2.28. The number of anilines is 1. The molecule has 5 rings (SSSR count). The molecule has 0 saturated heterocycles. The fraction of sp³-hybridized carbons (Fsp3) is 0.346. The van der Waals surface area contributed by atoms with Crippen molar-refractivity contribution in [2.75, 3.05) is 5.32 Å². The van der Waals surface area contributed by atoms with Gasteiger partial charge in [0.15, 0.2) is 5.65 Å². The van der Waals surface area contributed by atoms with E-state index in [4.69, 9.17) is 4.74 Å². The van der Waals surface area contributed by atoms with E-state index in [1.807, 2.05) is 24.3 Å². The molecule has 1 aliphatic rings. The molecule has 0 unspecified atom stereocenters. The van der Waals surface area contributed by atoms with E-state index in [9.17, 15) is 9.59 Å². The van der Waals surface area contributed by atoms with E-state index in [2.05, 4.69) is 20.3 Å². The molecule has 4 aromatic rings. The molecular formula is C26H28N6O3. The van der Waals surface area contributed by atoms with Gasteiger partial charge in [-0.3, -0.25) is 23.9 Å². The van der Waals surface area contributed by atoms with Crippen molar-refractivity contribution < 1.29 is 9.53 Å². The zero-order valence-electron chi connectivity index (χ0n) is 19.6. The average molecular weight is 473 g/mol. The molecule has 1 N–H and O–H groups in total. The predicted molar refractivity (Wildman–Crippen MR) is 132 cm³/mol. The highest BCUT2D eigenvalue weighted by atomic mass is 16.5. The van der Waals surface area contributed by atoms with Crippen LogP contribution in [0.25, 0.3) is 11.2 Å². The lowest BCUT2D eigenvalue weighted by atomic mass is 9.81. The Morgan fingerprint density at radius 2 is 1.86 bits per heavy atom. The molecule has 9 nitrogen and oxygen atoms in total. The van der Waals surface area contributed by atoms with Gasteiger partial charge in [-0.1, -0.05) is 6.07 Å². The largest absolute Gasteiger partial charge is 0.471 e. The molecule has 1 saturated carbocycles. The van der Waals surface area contributed by atoms with Crippen molar-refractivity contribution in [3.63, 3.8) is 0 Å². The highest BCUT2D eigenvalue weighted by Crippen LogP contribution is 2.31. The van der Waals surface area contributed by atoms with E-state index < -0.39 is 0 Å². The fourth-order valence-corrected chi connectivity index (χ4v) is 4.68. The third-order valence-electron chi connectivity index (χ3n) is 6.66. The minimum atomic E-state index is -0.0908. The van der Waals surface area contributed by atoms with E-state index >= 15 is 0 Å². The Bertz CT molecular complexity index is 1360. The number of fused-ring (bicyclic) bond motifs is 1. The summed E-state index contributed by atoms with van der Waals surface area (Å²) in [6.07, 6.45) is 8.41. The maximum Gasteiger partial charge on any atom is 0.330 e. The highest BCUT2D eigenvalue weighted by molar-refractivity contribution is 5.92. The molecule has 0 bridgehead atoms. The van der Waals surface area contributed by atoms with Crippen LogP contribution in [-0.4, -0.2) is 30.0 Å². The first-order valence-electron chi connectivity index (χ1n) is 11.9. The number of hydrogen-bond donors (Lipinski definition) is 1. The van der Waals surface area contributed by atoms with Crippen molar-refractivity contribution in [1.82, 2.24) is 24.1 Å². The lowest BCUT2D eigenvalue weighted by Crippen LogP contribution is -2.31. The maximum absolute atomic E-state index is 13.0. The van der Waals surface area contributed by atoms with Crippen molar-refractivity contribution in [3.05, 3.63) is 77.2 Å². The number of ether oxygens (including phenoxy) is 1. The van der Waals surface area contributed by atoms with E-state index in [1.54, 1.807) is 53.0 Å². The molecule has 1 aliphatic carbocycles. The number of carbonyl (C=O) groups is 1. The van der Waals surface area contributed by atoms with Crippen LogP contribution in [0.15, 0.2) is 65.8 Å². The van der Waals surface area contributed by atoms with Crippen LogP contribution in [0, 0.1) is 11.8 Å². The molecule has 0 aliphatic heterocycles. The second kappa shape index (κ2) is 10.1. The van der Waals surface area contributed by atoms with E-state index in [0.717, 1.165) is 42.6 Å². The van der Waals surface area contributed by atoms with Crippen molar-refractivity contribution >= 4 is 22.8 Å². The van der Waals surface area contributed by atoms with Gasteiger partial charge in [0.05, 0.1) is 11.2 Å². The summed E-state index contributed by atoms with van der Waals surface area (Å²) in [5.74, 6) is 0.795. The summed E-state index contributed by atoms with van der Waals surface area (Å²) in [5, 5.41) is 2.98. The normalized spacial score (nSPS) is 17.9. The molecule has 0 aromatic carbocycles. The van der Waals surface area contributed by atoms with Crippen LogP contribution in [0.5, 0.6) is 5.88 Å². The first-order valence-corrected chi connectivity index (χ1v) is 11.9. The van der Waals surface area contributed by atoms with Gasteiger partial charge in [0.1, 0.15) is 6.61 Å². The molecule has 0 spiro atoms. The van der Waals surface area contributed by atoms with Crippen LogP contribution in [0.3, 0.4) is 0 Å². The molecule has 1 amide bonds. The van der Waals surface area contributed by atoms with Crippen LogP contribution >= 0.6 is 0 Å². The van der Waals surface area contributed by atoms with Gasteiger partial charge in [-0.15, -0.1) is 0 Å². The lowest BCUT2D eigenvalue weighted by Gasteiger charge is -2.27. The molecule has 0 atom stereocenters. The number of rotatable bonds is 7. The molecule has 1 fully saturated rings. The molecule has 4 heterocycles. The van der Waals surface area contributed by atoms with Gasteiger partial charge in [0.25, 0.3) is 0 Å². The van der Waals surface area contributed by atoms with Crippen LogP contribution in [0.2, 0.25) is 0 Å². The Labute approximate surface area is 202 Å². The van der Waals surface area contributed by atoms with Crippen molar-refractivity contribution in [3.8, 4) is 5.88 Å². The number of aryl methyl sites for hydroxylation is 1. The maximum atomic E-state index is 13.0. The summed E-state index contributed by atoms with van der Waals surface area (Å²) in [5.41, 5.74) is 2.87. The molecule has 9 heteroatoms. The van der Waals surface area contributed by atoms with Crippen molar-refractivity contribution in [2.24, 2.45) is 18.9 Å². The van der Waals surface area contributed by atoms with Gasteiger partial charge in [-0.25, -0.2) is 4.79 Å². The number of imidazole rings is 1. The number of amides is 1. The zero-order chi connectivity index (χ0) is 24.2. The Balaban J connectivity index is 1.25. The van der Waals surface area contributed by atoms with E-state index in [-0.39, 0.29) is 17.5 Å². The topological polar surface area (TPSA) is 104 Å². The summed E-state index contributed by atoms with van der Waals surface area (Å²) < 4.78 is 9.20. The van der Waals surface area contributed by atoms with Crippen molar-refractivity contribution in [2.45, 2.75) is 38.8 Å². The first-order chi connectivity index (χ1) is 17.1. The molecule has 180 valence electrons.